The smallest absolute Gasteiger partial charge is 0.185 e. The Bertz CT molecular complexity index is 1050. The maximum atomic E-state index is 6.16. The second kappa shape index (κ2) is 8.24. The summed E-state index contributed by atoms with van der Waals surface area (Å²) in [6.07, 6.45) is 3.22. The first-order valence-corrected chi connectivity index (χ1v) is 12.6. The summed E-state index contributed by atoms with van der Waals surface area (Å²) in [6.45, 7) is 5.01. The minimum atomic E-state index is -0.512. The van der Waals surface area contributed by atoms with Gasteiger partial charge in [0, 0.05) is 17.2 Å². The van der Waals surface area contributed by atoms with Gasteiger partial charge in [0.05, 0.1) is 5.54 Å². The Morgan fingerprint density at radius 2 is 1.48 bits per heavy atom. The van der Waals surface area contributed by atoms with E-state index in [0.29, 0.717) is 12.3 Å². The summed E-state index contributed by atoms with van der Waals surface area (Å²) in [7, 11) is -0.512. The van der Waals surface area contributed by atoms with Gasteiger partial charge in [0.15, 0.2) is 5.90 Å². The van der Waals surface area contributed by atoms with Crippen LogP contribution in [-0.2, 0) is 9.89 Å². The fourth-order valence-corrected chi connectivity index (χ4v) is 9.14. The number of benzene rings is 3. The van der Waals surface area contributed by atoms with Crippen LogP contribution in [-0.4, -0.2) is 18.0 Å². The highest BCUT2D eigenvalue weighted by atomic mass is 31.1. The molecule has 3 aromatic rings. The van der Waals surface area contributed by atoms with E-state index in [1.807, 2.05) is 0 Å². The average molecular weight is 428 g/mol. The maximum absolute atomic E-state index is 6.16. The summed E-state index contributed by atoms with van der Waals surface area (Å²) in [5, 5.41) is 1.50. The van der Waals surface area contributed by atoms with Crippen molar-refractivity contribution in [3.8, 4) is 0 Å². The van der Waals surface area contributed by atoms with Crippen LogP contribution < -0.4 is 5.30 Å². The molecular formula is C28H30NOP. The maximum Gasteiger partial charge on any atom is 0.185 e. The Kier molecular flexibility index (Phi) is 5.44. The van der Waals surface area contributed by atoms with Gasteiger partial charge in [0.2, 0.25) is 0 Å². The predicted octanol–water partition coefficient (Wildman–Crippen LogP) is 6.82. The molecule has 0 bridgehead atoms. The molecule has 0 spiro atoms. The highest BCUT2D eigenvalue weighted by Gasteiger charge is 2.51. The molecule has 0 N–H and O–H groups in total. The molecule has 3 heteroatoms. The normalized spacial score (nSPS) is 27.0. The van der Waals surface area contributed by atoms with Crippen molar-refractivity contribution in [2.24, 2.45) is 4.99 Å². The van der Waals surface area contributed by atoms with E-state index in [0.717, 1.165) is 18.7 Å². The summed E-state index contributed by atoms with van der Waals surface area (Å²) >= 11 is 0. The molecule has 0 amide bonds. The molecule has 2 aliphatic heterocycles. The highest BCUT2D eigenvalue weighted by molar-refractivity contribution is 7.67. The van der Waals surface area contributed by atoms with Crippen LogP contribution in [0.1, 0.15) is 49.9 Å². The third-order valence-electron chi connectivity index (χ3n) is 6.60. The van der Waals surface area contributed by atoms with Crippen molar-refractivity contribution < 1.29 is 4.74 Å². The van der Waals surface area contributed by atoms with Crippen LogP contribution in [0.2, 0.25) is 0 Å². The van der Waals surface area contributed by atoms with Crippen LogP contribution in [0.25, 0.3) is 0 Å². The van der Waals surface area contributed by atoms with Crippen molar-refractivity contribution >= 4 is 19.1 Å². The van der Waals surface area contributed by atoms with E-state index < -0.39 is 7.92 Å². The molecule has 2 aliphatic rings. The van der Waals surface area contributed by atoms with Gasteiger partial charge in [0.25, 0.3) is 0 Å². The first-order chi connectivity index (χ1) is 15.1. The largest absolute Gasteiger partial charge is 0.478 e. The van der Waals surface area contributed by atoms with Gasteiger partial charge in [-0.1, -0.05) is 98.9 Å². The molecule has 3 atom stereocenters. The van der Waals surface area contributed by atoms with Crippen LogP contribution in [0, 0.1) is 0 Å². The van der Waals surface area contributed by atoms with Crippen LogP contribution in [0.3, 0.4) is 0 Å². The summed E-state index contributed by atoms with van der Waals surface area (Å²) in [6, 6.07) is 33.5. The van der Waals surface area contributed by atoms with Gasteiger partial charge >= 0.3 is 0 Å². The van der Waals surface area contributed by atoms with Crippen molar-refractivity contribution in [2.75, 3.05) is 6.61 Å². The molecule has 1 unspecified atom stereocenters. The molecule has 3 aromatic carbocycles. The van der Waals surface area contributed by atoms with E-state index in [1.54, 1.807) is 0 Å². The van der Waals surface area contributed by atoms with E-state index in [2.05, 4.69) is 105 Å². The van der Waals surface area contributed by atoms with Crippen LogP contribution >= 0.6 is 7.92 Å². The van der Waals surface area contributed by atoms with Crippen molar-refractivity contribution in [2.45, 2.75) is 49.5 Å². The lowest BCUT2D eigenvalue weighted by molar-refractivity contribution is 0.270. The van der Waals surface area contributed by atoms with Gasteiger partial charge < -0.3 is 4.74 Å². The van der Waals surface area contributed by atoms with Gasteiger partial charge in [-0.15, -0.1) is 0 Å². The van der Waals surface area contributed by atoms with Crippen LogP contribution in [0.5, 0.6) is 0 Å². The van der Waals surface area contributed by atoms with Crippen molar-refractivity contribution in [1.29, 1.82) is 0 Å². The monoisotopic (exact) mass is 427 g/mol. The van der Waals surface area contributed by atoms with Crippen LogP contribution in [0.15, 0.2) is 96.0 Å². The van der Waals surface area contributed by atoms with Gasteiger partial charge in [-0.05, 0) is 43.1 Å². The zero-order chi connectivity index (χ0) is 21.3. The van der Waals surface area contributed by atoms with E-state index in [4.69, 9.17) is 9.73 Å². The Morgan fingerprint density at radius 1 is 0.871 bits per heavy atom. The number of hydrogen-bond acceptors (Lipinski definition) is 2. The molecule has 0 aromatic heterocycles. The number of aliphatic imine (C=N–C) groups is 1. The molecule has 0 radical (unpaired) electrons. The first-order valence-electron chi connectivity index (χ1n) is 11.2. The molecule has 2 nitrogen and oxygen atoms in total. The second-order valence-electron chi connectivity index (χ2n) is 9.35. The number of rotatable bonds is 5. The predicted molar refractivity (Wildman–Crippen MR) is 132 cm³/mol. The quantitative estimate of drug-likeness (QED) is 0.409. The molecule has 2 heterocycles. The summed E-state index contributed by atoms with van der Waals surface area (Å²) in [5.74, 6) is 0.936. The molecule has 158 valence electrons. The third-order valence-corrected chi connectivity index (χ3v) is 10.2. The summed E-state index contributed by atoms with van der Waals surface area (Å²) < 4.78 is 6.16. The fraction of sp³-hybridized carbons (Fsp3) is 0.321. The lowest BCUT2D eigenvalue weighted by Crippen LogP contribution is -2.28. The number of nitrogens with zero attached hydrogens (tertiary/aromatic N) is 1. The Balaban J connectivity index is 1.66. The van der Waals surface area contributed by atoms with E-state index in [-0.39, 0.29) is 10.7 Å². The van der Waals surface area contributed by atoms with Crippen LogP contribution in [0.4, 0.5) is 0 Å². The molecule has 5 rings (SSSR count). The van der Waals surface area contributed by atoms with Crippen molar-refractivity contribution in [3.05, 3.63) is 102 Å². The fourth-order valence-electron chi connectivity index (χ4n) is 5.24. The van der Waals surface area contributed by atoms with E-state index in [9.17, 15) is 0 Å². The Morgan fingerprint density at radius 3 is 2.10 bits per heavy atom. The number of hydrogen-bond donors (Lipinski definition) is 0. The minimum absolute atomic E-state index is 0.0255. The lowest BCUT2D eigenvalue weighted by atomic mass is 9.89. The first kappa shape index (κ1) is 20.5. The molecule has 1 saturated heterocycles. The standard InChI is InChI=1S/C28H30NOP/c1-27(2)21-30-26(29-27)20-28(23-14-8-4-9-15-23)19-18-25(22-12-6-3-7-13-22)31(28)24-16-10-5-11-17-24/h3-17,25H,18-21H2,1-2H3/t25-,28-,31?/m0/s1. The molecule has 0 aliphatic carbocycles. The molecule has 1 fully saturated rings. The van der Waals surface area contributed by atoms with Gasteiger partial charge in [0.1, 0.15) is 6.61 Å². The zero-order valence-corrected chi connectivity index (χ0v) is 19.3. The number of ether oxygens (including phenoxy) is 1. The summed E-state index contributed by atoms with van der Waals surface area (Å²) in [4.78, 5) is 4.99. The minimum Gasteiger partial charge on any atom is -0.478 e. The molecule has 31 heavy (non-hydrogen) atoms. The van der Waals surface area contributed by atoms with Gasteiger partial charge in [-0.3, -0.25) is 0 Å². The Labute approximate surface area is 187 Å². The average Bonchev–Trinajstić information content (AvgIpc) is 3.36. The topological polar surface area (TPSA) is 21.6 Å². The highest BCUT2D eigenvalue weighted by Crippen LogP contribution is 2.74. The zero-order valence-electron chi connectivity index (χ0n) is 18.4. The van der Waals surface area contributed by atoms with Crippen molar-refractivity contribution in [1.82, 2.24) is 0 Å². The summed E-state index contributed by atoms with van der Waals surface area (Å²) in [5.41, 5.74) is 3.30. The van der Waals surface area contributed by atoms with Crippen molar-refractivity contribution in [3.63, 3.8) is 0 Å². The van der Waals surface area contributed by atoms with Gasteiger partial charge in [-0.25, -0.2) is 4.99 Å². The SMILES string of the molecule is CC1(C)COC(C[C@]2(c3ccccc3)CC[C@@H](c3ccccc3)P2c2ccccc2)=N1. The molecule has 0 saturated carbocycles. The Hall–Kier alpha value is -2.44. The van der Waals surface area contributed by atoms with E-state index in [1.165, 1.54) is 22.9 Å². The second-order valence-corrected chi connectivity index (χ2v) is 12.1. The lowest BCUT2D eigenvalue weighted by Gasteiger charge is -2.39. The molecular weight excluding hydrogens is 397 g/mol. The third kappa shape index (κ3) is 3.94. The van der Waals surface area contributed by atoms with Gasteiger partial charge in [-0.2, -0.15) is 0 Å². The van der Waals surface area contributed by atoms with E-state index >= 15 is 0 Å².